The third-order valence-corrected chi connectivity index (χ3v) is 21.7. The Balaban J connectivity index is 0.00000470. The molecule has 28 atom stereocenters. The minimum atomic E-state index is -5.22. The molecule has 11 rings (SSSR count). The fourth-order valence-corrected chi connectivity index (χ4v) is 17.2. The number of hydrogen-bond donors (Lipinski definition) is 6. The third-order valence-electron chi connectivity index (χ3n) is 20.8. The van der Waals surface area contributed by atoms with Gasteiger partial charge < -0.3 is 92.1 Å². The summed E-state index contributed by atoms with van der Waals surface area (Å²) in [7, 11) is -10.3. The summed E-state index contributed by atoms with van der Waals surface area (Å²) in [6.45, 7) is 18.4. The molecule has 0 aromatic carbocycles. The van der Waals surface area contributed by atoms with E-state index >= 15 is 0 Å². The molecule has 0 aromatic heterocycles. The average molecular weight is 1320 g/mol. The number of rotatable bonds is 17. The van der Waals surface area contributed by atoms with Crippen molar-refractivity contribution in [2.45, 2.75) is 300 Å². The zero-order valence-electron chi connectivity index (χ0n) is 52.3. The average Bonchev–Trinajstić information content (AvgIpc) is 1.68. The van der Waals surface area contributed by atoms with Crippen molar-refractivity contribution in [3.63, 3.8) is 0 Å². The molecule has 2 unspecified atom stereocenters. The number of fused-ring (bicyclic) bond motifs is 10. The number of ether oxygens (including phenoxy) is 11. The second-order valence-electron chi connectivity index (χ2n) is 27.8. The van der Waals surface area contributed by atoms with E-state index in [4.69, 9.17) is 61.4 Å². The third kappa shape index (κ3) is 15.9. The van der Waals surface area contributed by atoms with Gasteiger partial charge in [0.2, 0.25) is 26.7 Å². The van der Waals surface area contributed by atoms with Crippen LogP contribution in [0, 0.1) is 5.92 Å². The number of aliphatic hydroxyl groups excluding tert-OH is 4. The Morgan fingerprint density at radius 1 is 0.742 bits per heavy atom. The molecule has 0 aliphatic carbocycles. The molecule has 11 heterocycles. The van der Waals surface area contributed by atoms with Gasteiger partial charge in [0.25, 0.3) is 0 Å². The van der Waals surface area contributed by atoms with E-state index < -0.39 is 172 Å². The molecule has 0 radical (unpaired) electrons. The van der Waals surface area contributed by atoms with Crippen LogP contribution >= 0.6 is 0 Å². The first kappa shape index (κ1) is 73.0. The van der Waals surface area contributed by atoms with Gasteiger partial charge in [-0.3, -0.25) is 13.2 Å². The predicted molar refractivity (Wildman–Crippen MR) is 299 cm³/mol. The van der Waals surface area contributed by atoms with Crippen molar-refractivity contribution in [2.24, 2.45) is 5.92 Å². The van der Waals surface area contributed by atoms with Gasteiger partial charge in [-0.15, -0.1) is 0 Å². The van der Waals surface area contributed by atoms with E-state index in [-0.39, 0.29) is 134 Å². The molecule has 11 aliphatic heterocycles. The molecule has 1 amide bonds. The minimum Gasteiger partial charge on any atom is -0.726 e. The van der Waals surface area contributed by atoms with Crippen molar-refractivity contribution in [3.05, 3.63) is 36.5 Å². The summed E-state index contributed by atoms with van der Waals surface area (Å²) in [5.41, 5.74) is -4.40. The first-order valence-electron chi connectivity index (χ1n) is 30.9. The van der Waals surface area contributed by atoms with Crippen molar-refractivity contribution >= 4 is 26.7 Å². The quantitative estimate of drug-likeness (QED) is 0.0262. The summed E-state index contributed by atoms with van der Waals surface area (Å²) in [4.78, 5) is 12.2. The molecule has 0 aromatic rings. The van der Waals surface area contributed by atoms with E-state index in [1.165, 1.54) is 6.92 Å². The first-order chi connectivity index (χ1) is 40.7. The summed E-state index contributed by atoms with van der Waals surface area (Å²) in [5, 5.41) is 55.7. The molecule has 30 heteroatoms. The van der Waals surface area contributed by atoms with Crippen molar-refractivity contribution in [1.29, 1.82) is 0 Å². The van der Waals surface area contributed by atoms with Gasteiger partial charge in [0.15, 0.2) is 0 Å². The molecule has 11 saturated heterocycles. The van der Waals surface area contributed by atoms with Gasteiger partial charge in [0, 0.05) is 57.9 Å². The van der Waals surface area contributed by atoms with Crippen LogP contribution in [0.25, 0.3) is 0 Å². The van der Waals surface area contributed by atoms with Gasteiger partial charge >= 0.3 is 59.1 Å². The number of amides is 1. The smallest absolute Gasteiger partial charge is 0.726 e. The number of carbonyl (C=O) groups excluding carboxylic acids is 1. The van der Waals surface area contributed by atoms with Crippen molar-refractivity contribution in [3.8, 4) is 0 Å². The van der Waals surface area contributed by atoms with Crippen molar-refractivity contribution in [2.75, 3.05) is 19.8 Å². The van der Waals surface area contributed by atoms with Gasteiger partial charge in [0.05, 0.1) is 152 Å². The number of carbonyl (C=O) groups is 1. The molecule has 494 valence electrons. The molecule has 0 bridgehead atoms. The zero-order valence-corrected chi connectivity index (χ0v) is 57.9. The van der Waals surface area contributed by atoms with Crippen LogP contribution < -0.4 is 64.4 Å². The SMILES string of the molecule is C=C(/C=C/C[C@@](C)(O)[C@H]1O[C@@H]2C[C@@H]3O[C@@H]4C[C@@H]5O[C@@H]6C[C@@H]7O[C@@H]8C[C@@H]9O[C@@H]%10C[C@@H]%11O[C@](C)(CCOS(=O)(=O)[O-])[C@@H](OS(=O)(=O)[O-])C[C@H]%11O[C@H]%10C[C@H]9O[C@H]8CC[C@@]7(C)O[C@@]6(C)C[C@H](C)[C@H]5O[C@H]4[C@@H](O)[C@@]3(C)O[C@H]2CC1=C)CC(O)CC(=O)NCC(O)CO.[Na+].[Na+]. The Labute approximate surface area is 565 Å². The van der Waals surface area contributed by atoms with Crippen LogP contribution in [0.2, 0.25) is 0 Å². The van der Waals surface area contributed by atoms with E-state index in [0.717, 1.165) is 0 Å². The Kier molecular flexibility index (Phi) is 22.9. The largest absolute Gasteiger partial charge is 1.00 e. The summed E-state index contributed by atoms with van der Waals surface area (Å²) in [6, 6.07) is 0. The van der Waals surface area contributed by atoms with E-state index in [0.29, 0.717) is 75.4 Å². The maximum absolute atomic E-state index is 12.4. The zero-order chi connectivity index (χ0) is 62.6. The summed E-state index contributed by atoms with van der Waals surface area (Å²) in [5.74, 6) is -0.536. The molecule has 89 heavy (non-hydrogen) atoms. The summed E-state index contributed by atoms with van der Waals surface area (Å²) < 4.78 is 154. The van der Waals surface area contributed by atoms with E-state index in [2.05, 4.69) is 43.4 Å². The van der Waals surface area contributed by atoms with Gasteiger partial charge in [-0.2, -0.15) is 0 Å². The van der Waals surface area contributed by atoms with Gasteiger partial charge in [-0.1, -0.05) is 37.8 Å². The maximum atomic E-state index is 12.4. The van der Waals surface area contributed by atoms with Crippen LogP contribution in [0.1, 0.15) is 138 Å². The standard InChI is InChI=1S/C59H91NO25S2.2Na/c1-29(16-32(62)18-50(64)60-27-33(63)28-61)10-9-12-55(4,66)54-30(2)17-42-41(80-54)24-49-59(8,83-42)53(65)52-45(79-49)22-44-51(81-52)31(3)26-58(7)47(78-44)25-46-57(6,85-58)13-11-34-35(77-46)19-37-36(74-34)20-38-39(75-37)21-43-40(76-38)23-48(84-87(70,71)72)56(5,82-43)14-15-73-86(67,68)69;;/h9-10,31-49,51-54,61-63,65-66H,1-2,11-28H2,3-8H3,(H,60,64)(H,67,68,69)(H,70,71,72);;/q;2*+1/p-2/b10-9+;;/t31-,32?,33?,34-,35+,36+,37-,38-,39+,40+,41+,42-,43-,44-,45+,46-,47+,48-,49-,51+,52+,53+,54-,55+,56+,57+,58-,59-;;/m0../s1. The predicted octanol–water partition coefficient (Wildman–Crippen LogP) is -4.58. The number of allylic oxidation sites excluding steroid dienone is 1. The van der Waals surface area contributed by atoms with Crippen molar-refractivity contribution < 1.29 is 176 Å². The van der Waals surface area contributed by atoms with Crippen LogP contribution in [0.3, 0.4) is 0 Å². The molecule has 6 N–H and O–H groups in total. The topological polar surface area (TPSA) is 365 Å². The molecule has 11 fully saturated rings. The monoisotopic (exact) mass is 1320 g/mol. The van der Waals surface area contributed by atoms with Crippen LogP contribution in [0.15, 0.2) is 36.5 Å². The number of nitrogens with one attached hydrogen (secondary N) is 1. The van der Waals surface area contributed by atoms with Crippen LogP contribution in [0.4, 0.5) is 0 Å². The Morgan fingerprint density at radius 2 is 1.33 bits per heavy atom. The van der Waals surface area contributed by atoms with Crippen LogP contribution in [-0.2, 0) is 86.1 Å². The molecule has 11 aliphatic rings. The number of aliphatic hydroxyl groups is 5. The fraction of sp³-hybridized carbons (Fsp3) is 0.881. The number of hydrogen-bond acceptors (Lipinski definition) is 25. The Hall–Kier alpha value is -0.210. The Morgan fingerprint density at radius 3 is 1.99 bits per heavy atom. The van der Waals surface area contributed by atoms with Crippen molar-refractivity contribution in [1.82, 2.24) is 5.32 Å². The van der Waals surface area contributed by atoms with Gasteiger partial charge in [-0.25, -0.2) is 16.8 Å². The second kappa shape index (κ2) is 28.0. The van der Waals surface area contributed by atoms with E-state index in [1.807, 2.05) is 6.92 Å². The molecular formula is C59H89NNa2O25S2. The molecule has 26 nitrogen and oxygen atoms in total. The van der Waals surface area contributed by atoms with E-state index in [9.17, 15) is 51.2 Å². The van der Waals surface area contributed by atoms with Crippen LogP contribution in [-0.4, -0.2) is 239 Å². The molecule has 0 spiro atoms. The minimum absolute atomic E-state index is 0. The molecular weight excluding hydrogens is 1230 g/mol. The fourth-order valence-electron chi connectivity index (χ4n) is 16.3. The van der Waals surface area contributed by atoms with Crippen LogP contribution in [0.5, 0.6) is 0 Å². The summed E-state index contributed by atoms with van der Waals surface area (Å²) >= 11 is 0. The maximum Gasteiger partial charge on any atom is 1.00 e. The summed E-state index contributed by atoms with van der Waals surface area (Å²) in [6.07, 6.45) is -5.42. The molecule has 0 saturated carbocycles. The van der Waals surface area contributed by atoms with E-state index in [1.54, 1.807) is 19.1 Å². The Bertz CT molecular complexity index is 2810. The second-order valence-corrected chi connectivity index (χ2v) is 29.8. The first-order valence-corrected chi connectivity index (χ1v) is 33.6. The van der Waals surface area contributed by atoms with Gasteiger partial charge in [0.1, 0.15) is 30.0 Å². The normalized spacial score (nSPS) is 46.5. The van der Waals surface area contributed by atoms with Gasteiger partial charge in [-0.05, 0) is 84.6 Å².